The monoisotopic (exact) mass is 514 g/mol. The Morgan fingerprint density at radius 3 is 2.78 bits per heavy atom. The SMILES string of the molecule is C=C1CC(O)[C@@H]2O[C@H]2C[C@@H]([C@@H](O)/C=C/[C@@H]2CC(C)=CCO2)OC(=O)/C=C\C[C@@H]2C=CC[C@@H](C[C@@H](C)C1)O2. The summed E-state index contributed by atoms with van der Waals surface area (Å²) in [4.78, 5) is 12.6. The van der Waals surface area contributed by atoms with Crippen molar-refractivity contribution in [2.24, 2.45) is 5.92 Å². The zero-order valence-corrected chi connectivity index (χ0v) is 22.0. The van der Waals surface area contributed by atoms with E-state index in [-0.39, 0.29) is 36.9 Å². The van der Waals surface area contributed by atoms with Crippen LogP contribution < -0.4 is 0 Å². The number of fused-ring (bicyclic) bond motifs is 3. The highest BCUT2D eigenvalue weighted by Crippen LogP contribution is 2.35. The van der Waals surface area contributed by atoms with E-state index >= 15 is 0 Å². The molecule has 0 amide bonds. The molecule has 4 aliphatic rings. The summed E-state index contributed by atoms with van der Waals surface area (Å²) in [6, 6.07) is 0. The van der Waals surface area contributed by atoms with Gasteiger partial charge in [-0.3, -0.25) is 0 Å². The number of rotatable bonds is 3. The van der Waals surface area contributed by atoms with Crippen LogP contribution in [0.1, 0.15) is 58.8 Å². The van der Waals surface area contributed by atoms with Gasteiger partial charge in [0, 0.05) is 12.5 Å². The van der Waals surface area contributed by atoms with Gasteiger partial charge >= 0.3 is 5.97 Å². The van der Waals surface area contributed by atoms with E-state index in [1.54, 1.807) is 12.2 Å². The Morgan fingerprint density at radius 1 is 1.14 bits per heavy atom. The molecule has 1 fully saturated rings. The first-order valence-corrected chi connectivity index (χ1v) is 13.6. The number of carbonyl (C=O) groups is 1. The second kappa shape index (κ2) is 13.2. The first-order chi connectivity index (χ1) is 17.8. The molecule has 0 radical (unpaired) electrons. The van der Waals surface area contributed by atoms with Crippen molar-refractivity contribution in [3.8, 4) is 0 Å². The van der Waals surface area contributed by atoms with Gasteiger partial charge in [0.05, 0.1) is 37.1 Å². The summed E-state index contributed by atoms with van der Waals surface area (Å²) in [7, 11) is 0. The third-order valence-electron chi connectivity index (χ3n) is 7.44. The molecule has 37 heavy (non-hydrogen) atoms. The fourth-order valence-corrected chi connectivity index (χ4v) is 5.45. The Labute approximate surface area is 220 Å². The molecule has 7 nitrogen and oxygen atoms in total. The standard InChI is InChI=1S/C30H42O7/c1-19-12-13-34-23(15-19)10-11-25(31)27-18-28-30(37-28)26(32)17-21(3)14-20(2)16-24-8-4-6-22(35-24)7-5-9-29(33)36-27/h4-6,9-12,20,22-28,30-32H,3,7-8,13-18H2,1-2H3/b9-5-,11-10+/t20-,22-,23+,24-,25-,26?,27-,28-,30-/m0/s1. The first-order valence-electron chi connectivity index (χ1n) is 13.6. The van der Waals surface area contributed by atoms with Gasteiger partial charge in [0.25, 0.3) is 0 Å². The van der Waals surface area contributed by atoms with Crippen LogP contribution >= 0.6 is 0 Å². The van der Waals surface area contributed by atoms with E-state index in [2.05, 4.69) is 26.5 Å². The smallest absolute Gasteiger partial charge is 0.330 e. The van der Waals surface area contributed by atoms with Crippen LogP contribution in [-0.2, 0) is 23.7 Å². The van der Waals surface area contributed by atoms with Crippen molar-refractivity contribution in [1.29, 1.82) is 0 Å². The average molecular weight is 515 g/mol. The van der Waals surface area contributed by atoms with Crippen LogP contribution in [-0.4, -0.2) is 71.6 Å². The molecule has 0 saturated carbocycles. The molecule has 0 aromatic heterocycles. The van der Waals surface area contributed by atoms with Crippen LogP contribution in [0.25, 0.3) is 0 Å². The van der Waals surface area contributed by atoms with Crippen LogP contribution in [0.15, 0.2) is 60.3 Å². The predicted molar refractivity (Wildman–Crippen MR) is 141 cm³/mol. The average Bonchev–Trinajstić information content (AvgIpc) is 3.61. The van der Waals surface area contributed by atoms with Crippen molar-refractivity contribution >= 4 is 5.97 Å². The molecule has 0 aliphatic carbocycles. The van der Waals surface area contributed by atoms with Crippen molar-refractivity contribution in [3.05, 3.63) is 60.3 Å². The van der Waals surface area contributed by atoms with Crippen LogP contribution in [0.5, 0.6) is 0 Å². The van der Waals surface area contributed by atoms with E-state index < -0.39 is 24.3 Å². The number of aliphatic hydroxyl groups is 2. The molecule has 9 atom stereocenters. The van der Waals surface area contributed by atoms with Gasteiger partial charge in [-0.1, -0.05) is 61.1 Å². The number of cyclic esters (lactones) is 1. The summed E-state index contributed by atoms with van der Waals surface area (Å²) in [6.07, 6.45) is 14.3. The molecular weight excluding hydrogens is 472 g/mol. The molecule has 4 aliphatic heterocycles. The summed E-state index contributed by atoms with van der Waals surface area (Å²) < 4.78 is 23.4. The minimum atomic E-state index is -1.03. The van der Waals surface area contributed by atoms with E-state index in [1.165, 1.54) is 11.6 Å². The van der Waals surface area contributed by atoms with E-state index in [1.807, 2.05) is 18.2 Å². The maximum absolute atomic E-state index is 12.6. The van der Waals surface area contributed by atoms with Gasteiger partial charge in [0.15, 0.2) is 0 Å². The van der Waals surface area contributed by atoms with Crippen molar-refractivity contribution in [3.63, 3.8) is 0 Å². The molecular formula is C30H42O7. The zero-order valence-electron chi connectivity index (χ0n) is 22.0. The summed E-state index contributed by atoms with van der Waals surface area (Å²) in [5.41, 5.74) is 2.23. The molecule has 2 bridgehead atoms. The topological polar surface area (TPSA) is 97.8 Å². The Balaban J connectivity index is 1.44. The molecule has 4 rings (SSSR count). The number of epoxide rings is 1. The van der Waals surface area contributed by atoms with Crippen LogP contribution in [0.4, 0.5) is 0 Å². The maximum Gasteiger partial charge on any atom is 0.330 e. The van der Waals surface area contributed by atoms with Gasteiger partial charge in [-0.15, -0.1) is 0 Å². The normalized spacial score (nSPS) is 39.6. The minimum absolute atomic E-state index is 0.0863. The molecule has 4 heterocycles. The lowest BCUT2D eigenvalue weighted by molar-refractivity contribution is -0.148. The van der Waals surface area contributed by atoms with Gasteiger partial charge in [-0.05, 0) is 51.4 Å². The van der Waals surface area contributed by atoms with Crippen LogP contribution in [0.2, 0.25) is 0 Å². The highest BCUT2D eigenvalue weighted by Gasteiger charge is 2.46. The summed E-state index contributed by atoms with van der Waals surface area (Å²) in [5.74, 6) is -0.141. The quantitative estimate of drug-likeness (QED) is 0.332. The first kappa shape index (κ1) is 28.0. The third-order valence-corrected chi connectivity index (χ3v) is 7.44. The van der Waals surface area contributed by atoms with Crippen LogP contribution in [0.3, 0.4) is 0 Å². The Morgan fingerprint density at radius 2 is 1.97 bits per heavy atom. The fraction of sp³-hybridized carbons (Fsp3) is 0.633. The second-order valence-electron chi connectivity index (χ2n) is 11.0. The largest absolute Gasteiger partial charge is 0.456 e. The van der Waals surface area contributed by atoms with Gasteiger partial charge in [0.1, 0.15) is 18.3 Å². The molecule has 0 aromatic rings. The molecule has 204 valence electrons. The summed E-state index contributed by atoms with van der Waals surface area (Å²) in [5, 5.41) is 21.7. The van der Waals surface area contributed by atoms with Gasteiger partial charge in [-0.2, -0.15) is 0 Å². The molecule has 2 N–H and O–H groups in total. The second-order valence-corrected chi connectivity index (χ2v) is 11.0. The number of carbonyl (C=O) groups excluding carboxylic acids is 1. The lowest BCUT2D eigenvalue weighted by Gasteiger charge is -2.28. The number of aliphatic hydroxyl groups excluding tert-OH is 2. The van der Waals surface area contributed by atoms with Gasteiger partial charge < -0.3 is 29.2 Å². The highest BCUT2D eigenvalue weighted by molar-refractivity contribution is 5.82. The van der Waals surface area contributed by atoms with Crippen molar-refractivity contribution in [2.45, 2.75) is 108 Å². The third kappa shape index (κ3) is 8.76. The number of hydrogen-bond donors (Lipinski definition) is 2. The Hall–Kier alpha value is -2.03. The number of ether oxygens (including phenoxy) is 4. The van der Waals surface area contributed by atoms with Crippen molar-refractivity contribution in [1.82, 2.24) is 0 Å². The summed E-state index contributed by atoms with van der Waals surface area (Å²) in [6.45, 7) is 8.98. The molecule has 0 spiro atoms. The summed E-state index contributed by atoms with van der Waals surface area (Å²) >= 11 is 0. The predicted octanol–water partition coefficient (Wildman–Crippen LogP) is 4.11. The minimum Gasteiger partial charge on any atom is -0.456 e. The number of hydrogen-bond acceptors (Lipinski definition) is 7. The van der Waals surface area contributed by atoms with Crippen molar-refractivity contribution < 1.29 is 34.0 Å². The molecule has 1 saturated heterocycles. The van der Waals surface area contributed by atoms with E-state index in [4.69, 9.17) is 18.9 Å². The Kier molecular flexibility index (Phi) is 9.96. The molecule has 7 heteroatoms. The van der Waals surface area contributed by atoms with Gasteiger partial charge in [-0.25, -0.2) is 4.79 Å². The van der Waals surface area contributed by atoms with E-state index in [0.29, 0.717) is 25.4 Å². The Bertz CT molecular complexity index is 919. The lowest BCUT2D eigenvalue weighted by atomic mass is 9.91. The van der Waals surface area contributed by atoms with E-state index in [9.17, 15) is 15.0 Å². The maximum atomic E-state index is 12.6. The lowest BCUT2D eigenvalue weighted by Crippen LogP contribution is -2.32. The number of esters is 1. The van der Waals surface area contributed by atoms with Crippen molar-refractivity contribution in [2.75, 3.05) is 6.61 Å². The van der Waals surface area contributed by atoms with Gasteiger partial charge in [0.2, 0.25) is 0 Å². The fourth-order valence-electron chi connectivity index (χ4n) is 5.45. The highest BCUT2D eigenvalue weighted by atomic mass is 16.6. The van der Waals surface area contributed by atoms with E-state index in [0.717, 1.165) is 31.3 Å². The zero-order chi connectivity index (χ0) is 26.4. The molecule has 0 aromatic carbocycles. The van der Waals surface area contributed by atoms with Crippen LogP contribution in [0, 0.1) is 5.92 Å². The molecule has 1 unspecified atom stereocenters.